The van der Waals surface area contributed by atoms with Gasteiger partial charge in [0.05, 0.1) is 0 Å². The van der Waals surface area contributed by atoms with Crippen molar-refractivity contribution in [3.8, 4) is 0 Å². The van der Waals surface area contributed by atoms with Crippen LogP contribution in [0, 0.1) is 0 Å². The van der Waals surface area contributed by atoms with E-state index in [1.54, 1.807) is 17.8 Å². The van der Waals surface area contributed by atoms with E-state index in [0.717, 1.165) is 8.68 Å². The van der Waals surface area contributed by atoms with Gasteiger partial charge in [-0.3, -0.25) is 0 Å². The molecule has 16 heavy (non-hydrogen) atoms. The first-order valence-corrected chi connectivity index (χ1v) is 7.68. The summed E-state index contributed by atoms with van der Waals surface area (Å²) in [6, 6.07) is 1.65. The third-order valence-corrected chi connectivity index (χ3v) is 4.66. The second-order valence-electron chi connectivity index (χ2n) is 2.54. The van der Waals surface area contributed by atoms with Crippen LogP contribution >= 0.6 is 50.8 Å². The van der Waals surface area contributed by atoms with Crippen molar-refractivity contribution in [2.75, 3.05) is 12.0 Å². The van der Waals surface area contributed by atoms with E-state index in [1.165, 1.54) is 23.1 Å². The largest absolute Gasteiger partial charge is 0.384 e. The minimum absolute atomic E-state index is 0.430. The molecule has 0 aliphatic heterocycles. The highest BCUT2D eigenvalue weighted by Crippen LogP contribution is 2.31. The van der Waals surface area contributed by atoms with Gasteiger partial charge in [-0.1, -0.05) is 23.1 Å². The molecule has 84 valence electrons. The number of halogens is 1. The Kier molecular flexibility index (Phi) is 4.00. The average Bonchev–Trinajstić information content (AvgIpc) is 2.64. The maximum absolute atomic E-state index is 5.61. The zero-order valence-electron chi connectivity index (χ0n) is 8.05. The van der Waals surface area contributed by atoms with Crippen molar-refractivity contribution in [1.82, 2.24) is 20.2 Å². The van der Waals surface area contributed by atoms with Gasteiger partial charge in [-0.2, -0.15) is 0 Å². The van der Waals surface area contributed by atoms with Crippen molar-refractivity contribution in [2.45, 2.75) is 13.8 Å². The van der Waals surface area contributed by atoms with Gasteiger partial charge >= 0.3 is 0 Å². The molecule has 0 fully saturated rings. The maximum atomic E-state index is 5.61. The lowest BCUT2D eigenvalue weighted by molar-refractivity contribution is 0.932. The molecule has 0 bridgehead atoms. The van der Waals surface area contributed by atoms with Gasteiger partial charge in [-0.15, -0.1) is 10.2 Å². The topological polar surface area (TPSA) is 77.6 Å². The van der Waals surface area contributed by atoms with Crippen LogP contribution in [0.3, 0.4) is 0 Å². The molecule has 0 atom stereocenters. The van der Waals surface area contributed by atoms with Crippen molar-refractivity contribution < 1.29 is 0 Å². The molecule has 0 saturated heterocycles. The zero-order chi connectivity index (χ0) is 11.5. The fourth-order valence-electron chi connectivity index (χ4n) is 0.858. The molecule has 5 nitrogen and oxygen atoms in total. The first-order valence-electron chi connectivity index (χ1n) is 4.03. The minimum Gasteiger partial charge on any atom is -0.384 e. The Morgan fingerprint density at radius 2 is 2.06 bits per heavy atom. The van der Waals surface area contributed by atoms with E-state index in [2.05, 4.69) is 36.1 Å². The summed E-state index contributed by atoms with van der Waals surface area (Å²) in [5.74, 6) is 0.430. The highest BCUT2D eigenvalue weighted by atomic mass is 79.9. The number of nitrogen functional groups attached to an aromatic ring is 1. The monoisotopic (exact) mass is 335 g/mol. The van der Waals surface area contributed by atoms with Crippen LogP contribution in [0.4, 0.5) is 5.82 Å². The van der Waals surface area contributed by atoms with Gasteiger partial charge in [0.2, 0.25) is 0 Å². The molecule has 0 spiro atoms. The highest BCUT2D eigenvalue weighted by Gasteiger charge is 2.08. The standard InChI is InChI=1S/C7H6BrN5S3/c1-14-6-12-13-7(16-6)15-5-10-3(8)2-4(9)11-5/h2H,1H3,(H2,9,10,11). The number of hydrogen-bond acceptors (Lipinski definition) is 8. The number of nitrogens with zero attached hydrogens (tertiary/aromatic N) is 4. The summed E-state index contributed by atoms with van der Waals surface area (Å²) in [6.07, 6.45) is 1.96. The minimum atomic E-state index is 0.430. The first kappa shape index (κ1) is 12.1. The van der Waals surface area contributed by atoms with Crippen molar-refractivity contribution in [1.29, 1.82) is 0 Å². The van der Waals surface area contributed by atoms with Crippen molar-refractivity contribution in [2.24, 2.45) is 0 Å². The van der Waals surface area contributed by atoms with E-state index in [4.69, 9.17) is 5.73 Å². The molecule has 0 aromatic carbocycles. The quantitative estimate of drug-likeness (QED) is 0.524. The van der Waals surface area contributed by atoms with Crippen LogP contribution in [0.15, 0.2) is 24.5 Å². The molecule has 0 aliphatic carbocycles. The van der Waals surface area contributed by atoms with Crippen LogP contribution < -0.4 is 5.73 Å². The molecule has 0 aliphatic rings. The third-order valence-electron chi connectivity index (χ3n) is 1.44. The molecule has 2 aromatic rings. The van der Waals surface area contributed by atoms with Gasteiger partial charge in [-0.25, -0.2) is 9.97 Å². The Morgan fingerprint density at radius 3 is 2.69 bits per heavy atom. The first-order chi connectivity index (χ1) is 7.67. The van der Waals surface area contributed by atoms with Crippen LogP contribution in [0.2, 0.25) is 0 Å². The Labute approximate surface area is 113 Å². The Balaban J connectivity index is 2.19. The van der Waals surface area contributed by atoms with Crippen LogP contribution in [-0.4, -0.2) is 26.4 Å². The van der Waals surface area contributed by atoms with Crippen LogP contribution in [0.1, 0.15) is 0 Å². The molecule has 0 radical (unpaired) electrons. The van der Waals surface area contributed by atoms with Crippen molar-refractivity contribution in [3.63, 3.8) is 0 Å². The normalized spacial score (nSPS) is 10.6. The molecule has 0 amide bonds. The molecule has 2 heterocycles. The van der Waals surface area contributed by atoms with Gasteiger partial charge in [0.25, 0.3) is 0 Å². The Hall–Kier alpha value is -0.380. The van der Waals surface area contributed by atoms with E-state index in [-0.39, 0.29) is 0 Å². The number of anilines is 1. The molecule has 0 unspecified atom stereocenters. The predicted octanol–water partition coefficient (Wildman–Crippen LogP) is 2.55. The van der Waals surface area contributed by atoms with Crippen LogP contribution in [0.25, 0.3) is 0 Å². The predicted molar refractivity (Wildman–Crippen MR) is 70.0 cm³/mol. The molecular weight excluding hydrogens is 330 g/mol. The molecule has 2 aromatic heterocycles. The molecule has 2 rings (SSSR count). The molecular formula is C7H6BrN5S3. The van der Waals surface area contributed by atoms with E-state index < -0.39 is 0 Å². The summed E-state index contributed by atoms with van der Waals surface area (Å²) in [6.45, 7) is 0. The number of hydrogen-bond donors (Lipinski definition) is 1. The molecule has 0 saturated carbocycles. The fraction of sp³-hybridized carbons (Fsp3) is 0.143. The van der Waals surface area contributed by atoms with Crippen molar-refractivity contribution >= 4 is 56.6 Å². The summed E-state index contributed by atoms with van der Waals surface area (Å²) in [5, 5.41) is 8.57. The lowest BCUT2D eigenvalue weighted by Crippen LogP contribution is -1.94. The van der Waals surface area contributed by atoms with E-state index in [9.17, 15) is 0 Å². The summed E-state index contributed by atoms with van der Waals surface area (Å²) >= 11 is 7.69. The van der Waals surface area contributed by atoms with E-state index >= 15 is 0 Å². The van der Waals surface area contributed by atoms with Crippen molar-refractivity contribution in [3.05, 3.63) is 10.7 Å². The molecule has 2 N–H and O–H groups in total. The molecule has 9 heteroatoms. The highest BCUT2D eigenvalue weighted by molar-refractivity contribution is 9.10. The average molecular weight is 336 g/mol. The number of rotatable bonds is 3. The summed E-state index contributed by atoms with van der Waals surface area (Å²) < 4.78 is 2.39. The van der Waals surface area contributed by atoms with Crippen LogP contribution in [0.5, 0.6) is 0 Å². The number of aromatic nitrogens is 4. The lowest BCUT2D eigenvalue weighted by atomic mass is 10.6. The second kappa shape index (κ2) is 5.30. The Morgan fingerprint density at radius 1 is 1.31 bits per heavy atom. The third kappa shape index (κ3) is 3.06. The zero-order valence-corrected chi connectivity index (χ0v) is 12.1. The summed E-state index contributed by atoms with van der Waals surface area (Å²) in [4.78, 5) is 8.28. The number of nitrogens with two attached hydrogens (primary N) is 1. The van der Waals surface area contributed by atoms with Gasteiger partial charge in [0.1, 0.15) is 10.4 Å². The lowest BCUT2D eigenvalue weighted by Gasteiger charge is -1.98. The van der Waals surface area contributed by atoms with Gasteiger partial charge < -0.3 is 5.73 Å². The van der Waals surface area contributed by atoms with E-state index in [0.29, 0.717) is 15.6 Å². The van der Waals surface area contributed by atoms with Gasteiger partial charge in [-0.05, 0) is 33.9 Å². The fourth-order valence-corrected chi connectivity index (χ4v) is 3.70. The maximum Gasteiger partial charge on any atom is 0.197 e. The van der Waals surface area contributed by atoms with E-state index in [1.807, 2.05) is 6.26 Å². The smallest absolute Gasteiger partial charge is 0.197 e. The second-order valence-corrected chi connectivity index (χ2v) is 6.60. The van der Waals surface area contributed by atoms with Gasteiger partial charge in [0.15, 0.2) is 13.8 Å². The summed E-state index contributed by atoms with van der Waals surface area (Å²) in [7, 11) is 0. The Bertz CT molecular complexity index is 482. The summed E-state index contributed by atoms with van der Waals surface area (Å²) in [5.41, 5.74) is 5.61. The van der Waals surface area contributed by atoms with Crippen LogP contribution in [-0.2, 0) is 0 Å². The number of thioether (sulfide) groups is 1. The van der Waals surface area contributed by atoms with Gasteiger partial charge in [0, 0.05) is 6.07 Å². The SMILES string of the molecule is CSc1nnc(Sc2nc(N)cc(Br)n2)s1.